The van der Waals surface area contributed by atoms with Crippen LogP contribution in [0.15, 0.2) is 48.9 Å². The van der Waals surface area contributed by atoms with Gasteiger partial charge < -0.3 is 19.9 Å². The number of likely N-dealkylation sites (N-methyl/N-ethyl adjacent to an activating group) is 1. The first-order valence-corrected chi connectivity index (χ1v) is 14.7. The number of ether oxygens (including phenoxy) is 1. The summed E-state index contributed by atoms with van der Waals surface area (Å²) in [7, 11) is 4.14. The third-order valence-corrected chi connectivity index (χ3v) is 7.62. The Morgan fingerprint density at radius 2 is 1.84 bits per heavy atom. The van der Waals surface area contributed by atoms with Crippen LogP contribution in [-0.2, 0) is 6.42 Å². The van der Waals surface area contributed by atoms with Crippen LogP contribution in [0.25, 0.3) is 16.9 Å². The van der Waals surface area contributed by atoms with Crippen molar-refractivity contribution in [3.8, 4) is 17.0 Å². The van der Waals surface area contributed by atoms with E-state index >= 15 is 4.39 Å². The molecule has 2 aromatic heterocycles. The highest BCUT2D eigenvalue weighted by atomic mass is 19.2. The molecule has 0 atom stereocenters. The second-order valence-corrected chi connectivity index (χ2v) is 11.3. The van der Waals surface area contributed by atoms with Gasteiger partial charge in [-0.1, -0.05) is 6.92 Å². The van der Waals surface area contributed by atoms with E-state index in [4.69, 9.17) is 4.74 Å². The molecule has 0 spiro atoms. The van der Waals surface area contributed by atoms with Gasteiger partial charge in [-0.05, 0) is 70.3 Å². The van der Waals surface area contributed by atoms with E-state index in [1.807, 2.05) is 30.0 Å². The summed E-state index contributed by atoms with van der Waals surface area (Å²) in [6.45, 7) is 10.7. The average molecular weight is 592 g/mol. The molecule has 9 nitrogen and oxygen atoms in total. The van der Waals surface area contributed by atoms with Gasteiger partial charge in [0.25, 0.3) is 5.91 Å². The maximum absolute atomic E-state index is 15.1. The maximum atomic E-state index is 15.1. The van der Waals surface area contributed by atoms with Crippen LogP contribution in [0.4, 0.5) is 20.3 Å². The number of nitrogens with one attached hydrogen (secondary N) is 1. The summed E-state index contributed by atoms with van der Waals surface area (Å²) in [5.41, 5.74) is 3.27. The van der Waals surface area contributed by atoms with E-state index in [0.29, 0.717) is 42.2 Å². The van der Waals surface area contributed by atoms with Crippen molar-refractivity contribution in [3.63, 3.8) is 0 Å². The standard InChI is InChI=1S/C32H39F2N7O2/c1-6-22-19-23(7-8-24(22)32(42)40-17-15-39(16-18-40)14-13-38(4)5)37-30-31-36-20-26(41(31)12-11-35-30)25-9-10-27(43-21(2)3)29(34)28(25)33/h7-12,19-21H,6,13-18H2,1-5H3,(H,35,37). The van der Waals surface area contributed by atoms with E-state index in [1.165, 1.54) is 18.3 Å². The van der Waals surface area contributed by atoms with Crippen LogP contribution in [0, 0.1) is 11.6 Å². The molecule has 1 aliphatic heterocycles. The zero-order valence-electron chi connectivity index (χ0n) is 25.4. The Morgan fingerprint density at radius 1 is 1.07 bits per heavy atom. The van der Waals surface area contributed by atoms with Crippen LogP contribution in [0.3, 0.4) is 0 Å². The van der Waals surface area contributed by atoms with Crippen LogP contribution >= 0.6 is 0 Å². The molecule has 0 radical (unpaired) electrons. The van der Waals surface area contributed by atoms with Gasteiger partial charge in [-0.2, -0.15) is 4.39 Å². The minimum Gasteiger partial charge on any atom is -0.488 e. The van der Waals surface area contributed by atoms with Crippen molar-refractivity contribution in [1.29, 1.82) is 0 Å². The summed E-state index contributed by atoms with van der Waals surface area (Å²) in [5, 5.41) is 3.30. The number of benzene rings is 2. The van der Waals surface area contributed by atoms with E-state index < -0.39 is 11.6 Å². The number of hydrogen-bond acceptors (Lipinski definition) is 7. The fourth-order valence-corrected chi connectivity index (χ4v) is 5.28. The van der Waals surface area contributed by atoms with Gasteiger partial charge in [-0.3, -0.25) is 14.1 Å². The number of hydrogen-bond donors (Lipinski definition) is 1. The lowest BCUT2D eigenvalue weighted by atomic mass is 10.0. The Kier molecular flexibility index (Phi) is 9.22. The highest BCUT2D eigenvalue weighted by molar-refractivity contribution is 5.96. The highest BCUT2D eigenvalue weighted by Crippen LogP contribution is 2.32. The molecule has 1 N–H and O–H groups in total. The summed E-state index contributed by atoms with van der Waals surface area (Å²) in [4.78, 5) is 28.9. The zero-order valence-corrected chi connectivity index (χ0v) is 25.4. The van der Waals surface area contributed by atoms with Gasteiger partial charge in [-0.25, -0.2) is 14.4 Å². The second-order valence-electron chi connectivity index (χ2n) is 11.3. The molecule has 2 aromatic carbocycles. The van der Waals surface area contributed by atoms with Gasteiger partial charge in [0, 0.05) is 68.5 Å². The molecule has 0 bridgehead atoms. The number of halogens is 2. The fraction of sp³-hybridized carbons (Fsp3) is 0.406. The number of amides is 1. The molecule has 43 heavy (non-hydrogen) atoms. The molecular weight excluding hydrogens is 552 g/mol. The average Bonchev–Trinajstić information content (AvgIpc) is 3.43. The number of fused-ring (bicyclic) bond motifs is 1. The van der Waals surface area contributed by atoms with E-state index in [9.17, 15) is 9.18 Å². The summed E-state index contributed by atoms with van der Waals surface area (Å²) in [5.74, 6) is -1.68. The van der Waals surface area contributed by atoms with Crippen molar-refractivity contribution in [3.05, 3.63) is 71.7 Å². The first kappa shape index (κ1) is 30.4. The number of aromatic nitrogens is 3. The van der Waals surface area contributed by atoms with Crippen molar-refractivity contribution in [1.82, 2.24) is 29.1 Å². The van der Waals surface area contributed by atoms with Crippen molar-refractivity contribution >= 4 is 23.1 Å². The number of nitrogens with zero attached hydrogens (tertiary/aromatic N) is 6. The van der Waals surface area contributed by atoms with Crippen molar-refractivity contribution in [2.75, 3.05) is 58.7 Å². The fourth-order valence-electron chi connectivity index (χ4n) is 5.28. The summed E-state index contributed by atoms with van der Waals surface area (Å²) in [6, 6.07) is 8.58. The lowest BCUT2D eigenvalue weighted by Gasteiger charge is -2.35. The van der Waals surface area contributed by atoms with E-state index in [1.54, 1.807) is 30.6 Å². The van der Waals surface area contributed by atoms with E-state index in [2.05, 4.69) is 39.2 Å². The Hall–Kier alpha value is -4.09. The minimum absolute atomic E-state index is 0.0489. The molecule has 11 heteroatoms. The van der Waals surface area contributed by atoms with Gasteiger partial charge >= 0.3 is 0 Å². The van der Waals surface area contributed by atoms with Crippen LogP contribution in [0.1, 0.15) is 36.7 Å². The first-order valence-electron chi connectivity index (χ1n) is 14.7. The maximum Gasteiger partial charge on any atom is 0.254 e. The number of imidazole rings is 1. The number of carbonyl (C=O) groups excluding carboxylic acids is 1. The topological polar surface area (TPSA) is 78.2 Å². The molecular formula is C32H39F2N7O2. The molecule has 228 valence electrons. The van der Waals surface area contributed by atoms with Crippen molar-refractivity contribution < 1.29 is 18.3 Å². The molecule has 1 aliphatic rings. The molecule has 0 saturated carbocycles. The van der Waals surface area contributed by atoms with E-state index in [0.717, 1.165) is 37.4 Å². The summed E-state index contributed by atoms with van der Waals surface area (Å²) in [6.07, 6.45) is 5.11. The second kappa shape index (κ2) is 13.0. The number of anilines is 2. The smallest absolute Gasteiger partial charge is 0.254 e. The normalized spacial score (nSPS) is 14.2. The molecule has 3 heterocycles. The third-order valence-electron chi connectivity index (χ3n) is 7.62. The van der Waals surface area contributed by atoms with Crippen molar-refractivity contribution in [2.45, 2.75) is 33.3 Å². The zero-order chi connectivity index (χ0) is 30.7. The van der Waals surface area contributed by atoms with Gasteiger partial charge in [0.15, 0.2) is 23.0 Å². The SMILES string of the molecule is CCc1cc(Nc2nccn3c(-c4ccc(OC(C)C)c(F)c4F)cnc23)ccc1C(=O)N1CCN(CCN(C)C)CC1. The molecule has 0 unspecified atom stereocenters. The predicted molar refractivity (Wildman–Crippen MR) is 164 cm³/mol. The summed E-state index contributed by atoms with van der Waals surface area (Å²) < 4.78 is 36.9. The predicted octanol–water partition coefficient (Wildman–Crippen LogP) is 5.09. The minimum atomic E-state index is -1.04. The quantitative estimate of drug-likeness (QED) is 0.275. The lowest BCUT2D eigenvalue weighted by molar-refractivity contribution is 0.0628. The van der Waals surface area contributed by atoms with Crippen molar-refractivity contribution in [2.24, 2.45) is 0 Å². The molecule has 1 amide bonds. The van der Waals surface area contributed by atoms with Crippen LogP contribution in [0.2, 0.25) is 0 Å². The molecule has 1 saturated heterocycles. The largest absolute Gasteiger partial charge is 0.488 e. The van der Waals surface area contributed by atoms with Gasteiger partial charge in [0.05, 0.1) is 18.0 Å². The van der Waals surface area contributed by atoms with E-state index in [-0.39, 0.29) is 23.3 Å². The molecule has 0 aliphatic carbocycles. The third kappa shape index (κ3) is 6.62. The molecule has 4 aromatic rings. The molecule has 5 rings (SSSR count). The van der Waals surface area contributed by atoms with Crippen LogP contribution in [-0.4, -0.2) is 94.4 Å². The first-order chi connectivity index (χ1) is 20.7. The van der Waals surface area contributed by atoms with Gasteiger partial charge in [0.2, 0.25) is 5.82 Å². The Bertz CT molecular complexity index is 1600. The monoisotopic (exact) mass is 591 g/mol. The van der Waals surface area contributed by atoms with Crippen LogP contribution < -0.4 is 10.1 Å². The Labute approximate surface area is 251 Å². The van der Waals surface area contributed by atoms with Gasteiger partial charge in [-0.15, -0.1) is 0 Å². The Morgan fingerprint density at radius 3 is 2.53 bits per heavy atom. The number of aryl methyl sites for hydroxylation is 1. The lowest BCUT2D eigenvalue weighted by Crippen LogP contribution is -2.50. The number of piperazine rings is 1. The summed E-state index contributed by atoms with van der Waals surface area (Å²) >= 11 is 0. The number of rotatable bonds is 10. The highest BCUT2D eigenvalue weighted by Gasteiger charge is 2.24. The Balaban J connectivity index is 1.34. The number of carbonyl (C=O) groups is 1. The van der Waals surface area contributed by atoms with Gasteiger partial charge in [0.1, 0.15) is 0 Å². The van der Waals surface area contributed by atoms with Crippen LogP contribution in [0.5, 0.6) is 5.75 Å². The molecule has 1 fully saturated rings.